The molecule has 0 bridgehead atoms. The maximum Gasteiger partial charge on any atom is 0.255 e. The maximum absolute atomic E-state index is 12.9. The molecule has 3 heterocycles. The first kappa shape index (κ1) is 16.6. The molecule has 1 aromatic rings. The quantitative estimate of drug-likeness (QED) is 0.771. The fraction of sp³-hybridized carbons (Fsp3) is 0.550. The van der Waals surface area contributed by atoms with Crippen molar-refractivity contribution in [3.05, 3.63) is 29.8 Å². The van der Waals surface area contributed by atoms with Crippen LogP contribution in [-0.4, -0.2) is 59.9 Å². The molecule has 7 nitrogen and oxygen atoms in total. The molecule has 3 aliphatic heterocycles. The SMILES string of the molecule is CN1C[C@H](C(=O)N2C[C@H]3CC[C@]4(NC(=O)c5ccccc5N4)[C@H]3C2)CC1=O. The predicted octanol–water partition coefficient (Wildman–Crippen LogP) is 0.885. The number of para-hydroxylation sites is 1. The summed E-state index contributed by atoms with van der Waals surface area (Å²) in [6.45, 7) is 1.86. The van der Waals surface area contributed by atoms with Crippen molar-refractivity contribution in [2.45, 2.75) is 24.9 Å². The second-order valence-electron chi connectivity index (χ2n) is 8.42. The molecular formula is C20H24N4O3. The molecule has 4 atom stereocenters. The van der Waals surface area contributed by atoms with E-state index in [0.717, 1.165) is 25.1 Å². The lowest BCUT2D eigenvalue weighted by molar-refractivity contribution is -0.135. The van der Waals surface area contributed by atoms with Crippen LogP contribution in [0.1, 0.15) is 29.6 Å². The summed E-state index contributed by atoms with van der Waals surface area (Å²) in [5, 5.41) is 6.80. The summed E-state index contributed by atoms with van der Waals surface area (Å²) in [6.07, 6.45) is 2.16. The van der Waals surface area contributed by atoms with Gasteiger partial charge in [-0.2, -0.15) is 0 Å². The molecule has 2 N–H and O–H groups in total. The number of benzene rings is 1. The minimum absolute atomic E-state index is 0.0435. The van der Waals surface area contributed by atoms with E-state index in [0.29, 0.717) is 31.0 Å². The van der Waals surface area contributed by atoms with Crippen molar-refractivity contribution in [1.82, 2.24) is 15.1 Å². The minimum Gasteiger partial charge on any atom is -0.362 e. The molecule has 1 saturated carbocycles. The van der Waals surface area contributed by atoms with Gasteiger partial charge >= 0.3 is 0 Å². The molecule has 2 saturated heterocycles. The van der Waals surface area contributed by atoms with E-state index in [1.165, 1.54) is 0 Å². The van der Waals surface area contributed by atoms with Crippen molar-refractivity contribution < 1.29 is 14.4 Å². The summed E-state index contributed by atoms with van der Waals surface area (Å²) in [4.78, 5) is 41.0. The van der Waals surface area contributed by atoms with Crippen molar-refractivity contribution >= 4 is 23.4 Å². The van der Waals surface area contributed by atoms with E-state index in [1.54, 1.807) is 11.9 Å². The number of carbonyl (C=O) groups excluding carboxylic acids is 3. The number of likely N-dealkylation sites (tertiary alicyclic amines) is 2. The lowest BCUT2D eigenvalue weighted by atomic mass is 9.89. The molecule has 0 aromatic heterocycles. The van der Waals surface area contributed by atoms with Gasteiger partial charge in [-0.05, 0) is 30.9 Å². The van der Waals surface area contributed by atoms with Gasteiger partial charge < -0.3 is 20.4 Å². The first-order chi connectivity index (χ1) is 13.0. The zero-order valence-corrected chi connectivity index (χ0v) is 15.4. The zero-order valence-electron chi connectivity index (χ0n) is 15.4. The van der Waals surface area contributed by atoms with Crippen molar-refractivity contribution in [2.75, 3.05) is 32.0 Å². The van der Waals surface area contributed by atoms with E-state index in [-0.39, 0.29) is 29.6 Å². The number of nitrogens with one attached hydrogen (secondary N) is 2. The Morgan fingerprint density at radius 2 is 1.96 bits per heavy atom. The molecule has 0 unspecified atom stereocenters. The van der Waals surface area contributed by atoms with Crippen molar-refractivity contribution in [2.24, 2.45) is 17.8 Å². The van der Waals surface area contributed by atoms with Crippen LogP contribution >= 0.6 is 0 Å². The van der Waals surface area contributed by atoms with E-state index in [9.17, 15) is 14.4 Å². The summed E-state index contributed by atoms with van der Waals surface area (Å²) in [6, 6.07) is 7.57. The van der Waals surface area contributed by atoms with Crippen LogP contribution in [0.5, 0.6) is 0 Å². The second kappa shape index (κ2) is 5.71. The topological polar surface area (TPSA) is 81.8 Å². The lowest BCUT2D eigenvalue weighted by Crippen LogP contribution is -2.61. The zero-order chi connectivity index (χ0) is 18.8. The van der Waals surface area contributed by atoms with Gasteiger partial charge in [0.25, 0.3) is 5.91 Å². The maximum atomic E-state index is 12.9. The number of nitrogens with zero attached hydrogens (tertiary/aromatic N) is 2. The van der Waals surface area contributed by atoms with E-state index in [2.05, 4.69) is 10.6 Å². The highest BCUT2D eigenvalue weighted by Gasteiger charge is 2.56. The molecule has 1 aromatic carbocycles. The highest BCUT2D eigenvalue weighted by Crippen LogP contribution is 2.47. The van der Waals surface area contributed by atoms with Crippen LogP contribution in [0.4, 0.5) is 5.69 Å². The van der Waals surface area contributed by atoms with E-state index < -0.39 is 5.66 Å². The molecule has 0 radical (unpaired) electrons. The van der Waals surface area contributed by atoms with Crippen LogP contribution in [0.25, 0.3) is 0 Å². The Hall–Kier alpha value is -2.57. The summed E-state index contributed by atoms with van der Waals surface area (Å²) in [5.74, 6) is 0.418. The van der Waals surface area contributed by atoms with Crippen LogP contribution in [0.2, 0.25) is 0 Å². The molecule has 1 aliphatic carbocycles. The highest BCUT2D eigenvalue weighted by molar-refractivity contribution is 6.02. The third-order valence-corrected chi connectivity index (χ3v) is 6.85. The van der Waals surface area contributed by atoms with Gasteiger partial charge in [-0.1, -0.05) is 12.1 Å². The molecule has 3 amide bonds. The Morgan fingerprint density at radius 1 is 1.15 bits per heavy atom. The van der Waals surface area contributed by atoms with Gasteiger partial charge in [-0.15, -0.1) is 0 Å². The number of carbonyl (C=O) groups is 3. The van der Waals surface area contributed by atoms with Crippen molar-refractivity contribution in [3.8, 4) is 0 Å². The van der Waals surface area contributed by atoms with Crippen molar-refractivity contribution in [3.63, 3.8) is 0 Å². The smallest absolute Gasteiger partial charge is 0.255 e. The molecule has 4 aliphatic rings. The minimum atomic E-state index is -0.479. The Morgan fingerprint density at radius 3 is 2.74 bits per heavy atom. The third-order valence-electron chi connectivity index (χ3n) is 6.85. The van der Waals surface area contributed by atoms with Crippen LogP contribution < -0.4 is 10.6 Å². The fourth-order valence-electron chi connectivity index (χ4n) is 5.43. The Bertz CT molecular complexity index is 840. The van der Waals surface area contributed by atoms with Gasteiger partial charge in [-0.3, -0.25) is 14.4 Å². The second-order valence-corrected chi connectivity index (χ2v) is 8.42. The molecule has 3 fully saturated rings. The molecule has 1 spiro atoms. The van der Waals surface area contributed by atoms with E-state index >= 15 is 0 Å². The summed E-state index contributed by atoms with van der Waals surface area (Å²) < 4.78 is 0. The number of fused-ring (bicyclic) bond motifs is 3. The molecule has 7 heteroatoms. The van der Waals surface area contributed by atoms with Gasteiger partial charge in [0, 0.05) is 44.7 Å². The highest BCUT2D eigenvalue weighted by atomic mass is 16.2. The van der Waals surface area contributed by atoms with E-state index in [4.69, 9.17) is 0 Å². The fourth-order valence-corrected chi connectivity index (χ4v) is 5.43. The summed E-state index contributed by atoms with van der Waals surface area (Å²) in [5.41, 5.74) is 1.06. The van der Waals surface area contributed by atoms with Gasteiger partial charge in [0.2, 0.25) is 11.8 Å². The first-order valence-electron chi connectivity index (χ1n) is 9.69. The number of anilines is 1. The van der Waals surface area contributed by atoms with Crippen LogP contribution in [0, 0.1) is 17.8 Å². The molecule has 142 valence electrons. The Labute approximate surface area is 158 Å². The van der Waals surface area contributed by atoms with E-state index in [1.807, 2.05) is 29.2 Å². The average Bonchev–Trinajstić information content (AvgIpc) is 3.31. The third kappa shape index (κ3) is 2.44. The summed E-state index contributed by atoms with van der Waals surface area (Å²) in [7, 11) is 1.75. The van der Waals surface area contributed by atoms with Gasteiger partial charge in [-0.25, -0.2) is 0 Å². The number of hydrogen-bond acceptors (Lipinski definition) is 4. The van der Waals surface area contributed by atoms with Gasteiger partial charge in [0.05, 0.1) is 11.5 Å². The van der Waals surface area contributed by atoms with Crippen molar-refractivity contribution in [1.29, 1.82) is 0 Å². The Kier molecular flexibility index (Phi) is 3.51. The Balaban J connectivity index is 1.36. The molecular weight excluding hydrogens is 344 g/mol. The first-order valence-corrected chi connectivity index (χ1v) is 9.69. The lowest BCUT2D eigenvalue weighted by Gasteiger charge is -2.42. The van der Waals surface area contributed by atoms with Crippen LogP contribution in [0.3, 0.4) is 0 Å². The van der Waals surface area contributed by atoms with Crippen LogP contribution in [0.15, 0.2) is 24.3 Å². The monoisotopic (exact) mass is 368 g/mol. The number of rotatable bonds is 1. The van der Waals surface area contributed by atoms with Crippen LogP contribution in [-0.2, 0) is 9.59 Å². The summed E-state index contributed by atoms with van der Waals surface area (Å²) >= 11 is 0. The van der Waals surface area contributed by atoms with Gasteiger partial charge in [0.15, 0.2) is 0 Å². The largest absolute Gasteiger partial charge is 0.362 e. The predicted molar refractivity (Wildman–Crippen MR) is 98.8 cm³/mol. The average molecular weight is 368 g/mol. The number of hydrogen-bond donors (Lipinski definition) is 2. The van der Waals surface area contributed by atoms with Gasteiger partial charge in [0.1, 0.15) is 5.66 Å². The molecule has 5 rings (SSSR count). The normalized spacial score (nSPS) is 34.5. The molecule has 27 heavy (non-hydrogen) atoms. The standard InChI is InChI=1S/C20H24N4O3/c1-23-9-13(8-17(23)25)19(27)24-10-12-6-7-20(15(12)11-24)21-16-5-3-2-4-14(16)18(26)22-20/h2-5,12-13,15,21H,6-11H2,1H3,(H,22,26)/t12-,13-,15+,20+/m1/s1. The number of amides is 3.